The lowest BCUT2D eigenvalue weighted by Gasteiger charge is -2.38. The van der Waals surface area contributed by atoms with Crippen molar-refractivity contribution in [2.45, 2.75) is 19.9 Å². The Morgan fingerprint density at radius 3 is 2.18 bits per heavy atom. The summed E-state index contributed by atoms with van der Waals surface area (Å²) >= 11 is 0. The predicted molar refractivity (Wildman–Crippen MR) is 112 cm³/mol. The Morgan fingerprint density at radius 1 is 1.00 bits per heavy atom. The Kier molecular flexibility index (Phi) is 6.36. The Bertz CT molecular complexity index is 890. The summed E-state index contributed by atoms with van der Waals surface area (Å²) < 4.78 is 25.8. The summed E-state index contributed by atoms with van der Waals surface area (Å²) in [6.45, 7) is 6.80. The summed E-state index contributed by atoms with van der Waals surface area (Å²) in [4.78, 5) is 17.0. The highest BCUT2D eigenvalue weighted by Gasteiger charge is 2.25. The number of nitrogens with one attached hydrogen (secondary N) is 1. The van der Waals surface area contributed by atoms with Gasteiger partial charge in [-0.25, -0.2) is 8.42 Å². The van der Waals surface area contributed by atoms with E-state index in [4.69, 9.17) is 0 Å². The second-order valence-electron chi connectivity index (χ2n) is 7.00. The number of carbonyl (C=O) groups is 1. The first kappa shape index (κ1) is 20.4. The first-order valence-corrected chi connectivity index (χ1v) is 11.2. The molecule has 1 N–H and O–H groups in total. The van der Waals surface area contributed by atoms with E-state index in [0.29, 0.717) is 30.4 Å². The molecule has 1 amide bonds. The standard InChI is InChI=1S/C21H27N3O3S/c1-3-28(26,27)22-20-11-9-19(10-12-20)21(25)24-15-13-23(14-16-24)17(2)18-7-5-4-6-8-18/h4-12,17,22H,3,13-16H2,1-2H3/t17-/m1/s1. The van der Waals surface area contributed by atoms with Crippen LogP contribution in [0.4, 0.5) is 5.69 Å². The highest BCUT2D eigenvalue weighted by atomic mass is 32.2. The van der Waals surface area contributed by atoms with Gasteiger partial charge in [0.05, 0.1) is 5.75 Å². The maximum atomic E-state index is 12.8. The molecule has 6 nitrogen and oxygen atoms in total. The lowest BCUT2D eigenvalue weighted by Crippen LogP contribution is -2.49. The average molecular weight is 402 g/mol. The topological polar surface area (TPSA) is 69.7 Å². The number of hydrogen-bond donors (Lipinski definition) is 1. The summed E-state index contributed by atoms with van der Waals surface area (Å²) in [7, 11) is -3.31. The molecule has 0 unspecified atom stereocenters. The first-order chi connectivity index (χ1) is 13.4. The van der Waals surface area contributed by atoms with Crippen molar-refractivity contribution in [1.29, 1.82) is 0 Å². The second-order valence-corrected chi connectivity index (χ2v) is 9.01. The molecule has 0 spiro atoms. The van der Waals surface area contributed by atoms with E-state index in [0.717, 1.165) is 13.1 Å². The van der Waals surface area contributed by atoms with Crippen molar-refractivity contribution in [3.8, 4) is 0 Å². The van der Waals surface area contributed by atoms with Gasteiger partial charge in [-0.05, 0) is 43.7 Å². The third kappa shape index (κ3) is 4.91. The van der Waals surface area contributed by atoms with Gasteiger partial charge in [-0.3, -0.25) is 14.4 Å². The average Bonchev–Trinajstić information content (AvgIpc) is 2.74. The Balaban J connectivity index is 1.58. The van der Waals surface area contributed by atoms with E-state index in [9.17, 15) is 13.2 Å². The smallest absolute Gasteiger partial charge is 0.253 e. The Morgan fingerprint density at radius 2 is 1.61 bits per heavy atom. The molecule has 0 aliphatic carbocycles. The minimum absolute atomic E-state index is 0.0133. The number of benzene rings is 2. The minimum Gasteiger partial charge on any atom is -0.336 e. The van der Waals surface area contributed by atoms with E-state index in [1.165, 1.54) is 5.56 Å². The minimum atomic E-state index is -3.31. The van der Waals surface area contributed by atoms with Crippen LogP contribution < -0.4 is 4.72 Å². The molecule has 0 radical (unpaired) electrons. The van der Waals surface area contributed by atoms with Crippen LogP contribution in [0.2, 0.25) is 0 Å². The molecule has 1 saturated heterocycles. The quantitative estimate of drug-likeness (QED) is 0.808. The molecule has 7 heteroatoms. The van der Waals surface area contributed by atoms with E-state index < -0.39 is 10.0 Å². The van der Waals surface area contributed by atoms with Crippen LogP contribution in [0.3, 0.4) is 0 Å². The van der Waals surface area contributed by atoms with Gasteiger partial charge in [-0.1, -0.05) is 30.3 Å². The number of piperazine rings is 1. The van der Waals surface area contributed by atoms with Gasteiger partial charge in [0.15, 0.2) is 0 Å². The van der Waals surface area contributed by atoms with Gasteiger partial charge in [-0.15, -0.1) is 0 Å². The highest BCUT2D eigenvalue weighted by molar-refractivity contribution is 7.92. The molecule has 1 aliphatic heterocycles. The van der Waals surface area contributed by atoms with Crippen molar-refractivity contribution >= 4 is 21.6 Å². The molecule has 28 heavy (non-hydrogen) atoms. The van der Waals surface area contributed by atoms with E-state index in [2.05, 4.69) is 40.8 Å². The second kappa shape index (κ2) is 8.75. The summed E-state index contributed by atoms with van der Waals surface area (Å²) in [6, 6.07) is 17.3. The number of rotatable bonds is 6. The molecule has 2 aromatic carbocycles. The van der Waals surface area contributed by atoms with Crippen LogP contribution in [0.5, 0.6) is 0 Å². The third-order valence-electron chi connectivity index (χ3n) is 5.22. The van der Waals surface area contributed by atoms with Crippen LogP contribution in [0, 0.1) is 0 Å². The maximum absolute atomic E-state index is 12.8. The molecule has 1 fully saturated rings. The van der Waals surface area contributed by atoms with Gasteiger partial charge in [0.25, 0.3) is 5.91 Å². The van der Waals surface area contributed by atoms with Crippen LogP contribution in [0.15, 0.2) is 54.6 Å². The van der Waals surface area contributed by atoms with Crippen LogP contribution in [-0.4, -0.2) is 56.1 Å². The zero-order chi connectivity index (χ0) is 20.1. The van der Waals surface area contributed by atoms with Gasteiger partial charge in [0, 0.05) is 43.5 Å². The molecule has 1 aliphatic rings. The predicted octanol–water partition coefficient (Wildman–Crippen LogP) is 2.97. The number of anilines is 1. The van der Waals surface area contributed by atoms with Gasteiger partial charge in [0.2, 0.25) is 10.0 Å². The van der Waals surface area contributed by atoms with Crippen LogP contribution in [-0.2, 0) is 10.0 Å². The summed E-state index contributed by atoms with van der Waals surface area (Å²) in [5, 5.41) is 0. The zero-order valence-corrected chi connectivity index (χ0v) is 17.2. The van der Waals surface area contributed by atoms with Crippen LogP contribution in [0.25, 0.3) is 0 Å². The fourth-order valence-corrected chi connectivity index (χ4v) is 4.01. The van der Waals surface area contributed by atoms with E-state index in [1.54, 1.807) is 31.2 Å². The number of sulfonamides is 1. The summed E-state index contributed by atoms with van der Waals surface area (Å²) in [5.74, 6) is -0.00349. The van der Waals surface area contributed by atoms with Crippen molar-refractivity contribution in [3.05, 3.63) is 65.7 Å². The highest BCUT2D eigenvalue weighted by Crippen LogP contribution is 2.22. The van der Waals surface area contributed by atoms with Crippen molar-refractivity contribution in [1.82, 2.24) is 9.80 Å². The number of nitrogens with zero attached hydrogens (tertiary/aromatic N) is 2. The largest absolute Gasteiger partial charge is 0.336 e. The lowest BCUT2D eigenvalue weighted by molar-refractivity contribution is 0.0582. The van der Waals surface area contributed by atoms with Gasteiger partial charge in [0.1, 0.15) is 0 Å². The molecule has 0 bridgehead atoms. The molecule has 1 atom stereocenters. The molecule has 3 rings (SSSR count). The molecular weight excluding hydrogens is 374 g/mol. The van der Waals surface area contributed by atoms with Gasteiger partial charge < -0.3 is 4.90 Å². The number of amides is 1. The third-order valence-corrected chi connectivity index (χ3v) is 6.52. The van der Waals surface area contributed by atoms with Crippen molar-refractivity contribution in [2.75, 3.05) is 36.7 Å². The molecule has 2 aromatic rings. The fraction of sp³-hybridized carbons (Fsp3) is 0.381. The Labute approximate surface area is 167 Å². The summed E-state index contributed by atoms with van der Waals surface area (Å²) in [5.41, 5.74) is 2.33. The summed E-state index contributed by atoms with van der Waals surface area (Å²) in [6.07, 6.45) is 0. The van der Waals surface area contributed by atoms with E-state index in [1.807, 2.05) is 11.0 Å². The molecule has 1 heterocycles. The van der Waals surface area contributed by atoms with Crippen molar-refractivity contribution in [3.63, 3.8) is 0 Å². The number of hydrogen-bond acceptors (Lipinski definition) is 4. The number of carbonyl (C=O) groups excluding carboxylic acids is 1. The van der Waals surface area contributed by atoms with Crippen molar-refractivity contribution < 1.29 is 13.2 Å². The lowest BCUT2D eigenvalue weighted by atomic mass is 10.1. The Hall–Kier alpha value is -2.38. The molecular formula is C21H27N3O3S. The zero-order valence-electron chi connectivity index (χ0n) is 16.3. The SMILES string of the molecule is CCS(=O)(=O)Nc1ccc(C(=O)N2CCN([C@H](C)c3ccccc3)CC2)cc1. The van der Waals surface area contributed by atoms with Crippen molar-refractivity contribution in [2.24, 2.45) is 0 Å². The normalized spacial score (nSPS) is 16.6. The fourth-order valence-electron chi connectivity index (χ4n) is 3.37. The molecule has 150 valence electrons. The first-order valence-electron chi connectivity index (χ1n) is 9.58. The van der Waals surface area contributed by atoms with Gasteiger partial charge >= 0.3 is 0 Å². The van der Waals surface area contributed by atoms with Crippen LogP contribution in [0.1, 0.15) is 35.8 Å². The monoisotopic (exact) mass is 401 g/mol. The maximum Gasteiger partial charge on any atom is 0.253 e. The van der Waals surface area contributed by atoms with Gasteiger partial charge in [-0.2, -0.15) is 0 Å². The van der Waals surface area contributed by atoms with E-state index >= 15 is 0 Å². The van der Waals surface area contributed by atoms with Crippen LogP contribution >= 0.6 is 0 Å². The van der Waals surface area contributed by atoms with E-state index in [-0.39, 0.29) is 11.7 Å². The molecule has 0 saturated carbocycles. The molecule has 0 aromatic heterocycles.